The largest absolute Gasteiger partial charge is 0.465 e. The van der Waals surface area contributed by atoms with Crippen molar-refractivity contribution in [3.8, 4) is 6.07 Å². The molecule has 2 aromatic rings. The molecule has 1 aliphatic heterocycles. The summed E-state index contributed by atoms with van der Waals surface area (Å²) in [6, 6.07) is 5.90. The Morgan fingerprint density at radius 2 is 2.05 bits per heavy atom. The van der Waals surface area contributed by atoms with Crippen LogP contribution in [0.1, 0.15) is 77.3 Å². The molecule has 2 aliphatic carbocycles. The maximum Gasteiger partial charge on any atom is 0.341 e. The zero-order valence-corrected chi connectivity index (χ0v) is 23.0. The minimum absolute atomic E-state index is 0.0144. The van der Waals surface area contributed by atoms with Gasteiger partial charge in [-0.3, -0.25) is 9.59 Å². The molecular formula is C28H29N3O5S2. The van der Waals surface area contributed by atoms with Crippen LogP contribution in [0.2, 0.25) is 0 Å². The first kappa shape index (κ1) is 26.3. The number of fused-ring (bicyclic) bond motifs is 1. The lowest BCUT2D eigenvalue weighted by atomic mass is 9.79. The Morgan fingerprint density at radius 3 is 2.79 bits per heavy atom. The number of allylic oxidation sites excluding steroid dienone is 3. The maximum atomic E-state index is 13.1. The van der Waals surface area contributed by atoms with Gasteiger partial charge in [-0.15, -0.1) is 11.3 Å². The van der Waals surface area contributed by atoms with Crippen molar-refractivity contribution in [1.29, 1.82) is 5.26 Å². The number of rotatable bonds is 7. The van der Waals surface area contributed by atoms with Crippen molar-refractivity contribution in [3.63, 3.8) is 0 Å². The number of dihydropyridines is 1. The smallest absolute Gasteiger partial charge is 0.341 e. The van der Waals surface area contributed by atoms with Gasteiger partial charge in [0.15, 0.2) is 5.78 Å². The van der Waals surface area contributed by atoms with Gasteiger partial charge in [-0.25, -0.2) is 4.79 Å². The third kappa shape index (κ3) is 5.05. The Balaban J connectivity index is 1.38. The van der Waals surface area contributed by atoms with Gasteiger partial charge in [-0.2, -0.15) is 5.26 Å². The van der Waals surface area contributed by atoms with Gasteiger partial charge < -0.3 is 19.8 Å². The molecule has 1 atom stereocenters. The summed E-state index contributed by atoms with van der Waals surface area (Å²) in [5.41, 5.74) is 3.20. The summed E-state index contributed by atoms with van der Waals surface area (Å²) in [6.07, 6.45) is 5.62. The van der Waals surface area contributed by atoms with Crippen LogP contribution in [0.15, 0.2) is 38.4 Å². The van der Waals surface area contributed by atoms with Crippen LogP contribution in [0.5, 0.6) is 0 Å². The predicted molar refractivity (Wildman–Crippen MR) is 146 cm³/mol. The molecule has 3 heterocycles. The summed E-state index contributed by atoms with van der Waals surface area (Å²) in [4.78, 5) is 39.8. The number of anilines is 1. The highest BCUT2D eigenvalue weighted by molar-refractivity contribution is 8.03. The molecule has 8 nitrogen and oxygen atoms in total. The normalized spacial score (nSPS) is 18.9. The van der Waals surface area contributed by atoms with E-state index in [-0.39, 0.29) is 24.1 Å². The summed E-state index contributed by atoms with van der Waals surface area (Å²) in [5, 5.41) is 17.4. The zero-order chi connectivity index (χ0) is 26.8. The number of ether oxygens (including phenoxy) is 1. The Kier molecular flexibility index (Phi) is 7.77. The van der Waals surface area contributed by atoms with Crippen LogP contribution in [0.25, 0.3) is 0 Å². The number of carbonyl (C=O) groups excluding carboxylic acids is 3. The van der Waals surface area contributed by atoms with E-state index in [4.69, 9.17) is 9.15 Å². The fourth-order valence-electron chi connectivity index (χ4n) is 5.30. The number of hydrogen-bond donors (Lipinski definition) is 2. The number of thioether (sulfide) groups is 1. The van der Waals surface area contributed by atoms with E-state index in [1.165, 1.54) is 23.1 Å². The molecule has 38 heavy (non-hydrogen) atoms. The standard InChI is InChI=1S/C28H29N3O5S2/c1-3-35-28(34)24-16-7-4-5-10-21(16)38-27(24)31-22(33)14-37-26-17(13-29)23(20-12-11-15(2)36-20)25-18(30-26)8-6-9-19(25)32/h11-12,23,30H,3-10,14H2,1-2H3,(H,31,33)/t23-/m0/s1. The van der Waals surface area contributed by atoms with Gasteiger partial charge in [0, 0.05) is 22.6 Å². The number of carbonyl (C=O) groups is 3. The minimum Gasteiger partial charge on any atom is -0.465 e. The summed E-state index contributed by atoms with van der Waals surface area (Å²) >= 11 is 2.66. The lowest BCUT2D eigenvalue weighted by molar-refractivity contribution is -0.116. The number of furan rings is 1. The number of nitrogens with one attached hydrogen (secondary N) is 2. The van der Waals surface area contributed by atoms with Crippen LogP contribution >= 0.6 is 23.1 Å². The van der Waals surface area contributed by atoms with Crippen LogP contribution in [0, 0.1) is 18.3 Å². The van der Waals surface area contributed by atoms with Gasteiger partial charge in [0.25, 0.3) is 0 Å². The topological polar surface area (TPSA) is 121 Å². The Morgan fingerprint density at radius 1 is 1.24 bits per heavy atom. The van der Waals surface area contributed by atoms with E-state index >= 15 is 0 Å². The van der Waals surface area contributed by atoms with Crippen molar-refractivity contribution in [2.45, 2.75) is 64.7 Å². The van der Waals surface area contributed by atoms with Crippen molar-refractivity contribution in [2.75, 3.05) is 17.7 Å². The van der Waals surface area contributed by atoms with E-state index in [0.717, 1.165) is 48.2 Å². The number of aryl methyl sites for hydroxylation is 2. The molecule has 0 radical (unpaired) electrons. The molecule has 198 valence electrons. The van der Waals surface area contributed by atoms with E-state index in [2.05, 4.69) is 16.7 Å². The Labute approximate surface area is 229 Å². The summed E-state index contributed by atoms with van der Waals surface area (Å²) in [5.74, 6) is 0.00819. The third-order valence-electron chi connectivity index (χ3n) is 6.96. The summed E-state index contributed by atoms with van der Waals surface area (Å²) in [6.45, 7) is 3.85. The minimum atomic E-state index is -0.595. The molecule has 0 bridgehead atoms. The highest BCUT2D eigenvalue weighted by Gasteiger charge is 2.39. The molecule has 2 aromatic heterocycles. The molecule has 0 fully saturated rings. The molecule has 0 saturated carbocycles. The molecule has 3 aliphatic rings. The quantitative estimate of drug-likeness (QED) is 0.432. The van der Waals surface area contributed by atoms with Crippen LogP contribution in [-0.2, 0) is 27.2 Å². The second-order valence-electron chi connectivity index (χ2n) is 9.50. The lowest BCUT2D eigenvalue weighted by Crippen LogP contribution is -2.31. The van der Waals surface area contributed by atoms with Crippen molar-refractivity contribution >= 4 is 45.8 Å². The average Bonchev–Trinajstić information content (AvgIpc) is 3.49. The summed E-state index contributed by atoms with van der Waals surface area (Å²) < 4.78 is 11.2. The highest BCUT2D eigenvalue weighted by atomic mass is 32.2. The highest BCUT2D eigenvalue weighted by Crippen LogP contribution is 2.44. The van der Waals surface area contributed by atoms with E-state index in [1.807, 2.05) is 13.0 Å². The number of nitrogens with zero attached hydrogens (tertiary/aromatic N) is 1. The number of hydrogen-bond acceptors (Lipinski definition) is 9. The molecule has 10 heteroatoms. The fraction of sp³-hybridized carbons (Fsp3) is 0.429. The molecule has 5 rings (SSSR count). The van der Waals surface area contributed by atoms with Gasteiger partial charge in [-0.1, -0.05) is 11.8 Å². The molecule has 0 saturated heterocycles. The molecule has 0 aromatic carbocycles. The van der Waals surface area contributed by atoms with Crippen LogP contribution in [-0.4, -0.2) is 30.0 Å². The lowest BCUT2D eigenvalue weighted by Gasteiger charge is -2.32. The number of amides is 1. The second kappa shape index (κ2) is 11.2. The number of nitriles is 1. The first-order valence-electron chi connectivity index (χ1n) is 12.9. The predicted octanol–water partition coefficient (Wildman–Crippen LogP) is 5.51. The first-order valence-corrected chi connectivity index (χ1v) is 14.7. The molecule has 0 unspecified atom stereocenters. The maximum absolute atomic E-state index is 13.1. The number of thiophene rings is 1. The zero-order valence-electron chi connectivity index (χ0n) is 21.4. The monoisotopic (exact) mass is 551 g/mol. The summed E-state index contributed by atoms with van der Waals surface area (Å²) in [7, 11) is 0. The average molecular weight is 552 g/mol. The number of esters is 1. The first-order chi connectivity index (χ1) is 18.4. The van der Waals surface area contributed by atoms with Gasteiger partial charge in [0.1, 0.15) is 16.5 Å². The number of ketones is 1. The van der Waals surface area contributed by atoms with E-state index in [1.54, 1.807) is 13.0 Å². The van der Waals surface area contributed by atoms with Gasteiger partial charge in [-0.05, 0) is 70.1 Å². The van der Waals surface area contributed by atoms with Crippen LogP contribution < -0.4 is 10.6 Å². The van der Waals surface area contributed by atoms with Gasteiger partial charge >= 0.3 is 5.97 Å². The van der Waals surface area contributed by atoms with E-state index < -0.39 is 11.9 Å². The SMILES string of the molecule is CCOC(=O)c1c(NC(=O)CSC2=C(C#N)[C@@H](c3ccc(C)o3)C3=C(CCCC3=O)N2)sc2c1CCCC2. The Hall–Kier alpha value is -3.29. The molecular weight excluding hydrogens is 522 g/mol. The number of Topliss-reactive ketones (excluding diaryl/α,β-unsaturated/α-hetero) is 1. The van der Waals surface area contributed by atoms with Crippen molar-refractivity contribution in [1.82, 2.24) is 5.32 Å². The molecule has 2 N–H and O–H groups in total. The van der Waals surface area contributed by atoms with Crippen molar-refractivity contribution in [2.24, 2.45) is 0 Å². The van der Waals surface area contributed by atoms with Crippen LogP contribution in [0.3, 0.4) is 0 Å². The molecule has 0 spiro atoms. The van der Waals surface area contributed by atoms with Gasteiger partial charge in [0.2, 0.25) is 5.91 Å². The van der Waals surface area contributed by atoms with E-state index in [9.17, 15) is 19.6 Å². The van der Waals surface area contributed by atoms with E-state index in [0.29, 0.717) is 51.1 Å². The second-order valence-corrected chi connectivity index (χ2v) is 11.6. The van der Waals surface area contributed by atoms with Gasteiger partial charge in [0.05, 0.1) is 40.5 Å². The molecule has 1 amide bonds. The Bertz CT molecular complexity index is 1410. The van der Waals surface area contributed by atoms with Crippen LogP contribution in [0.4, 0.5) is 5.00 Å². The van der Waals surface area contributed by atoms with Crippen molar-refractivity contribution < 1.29 is 23.5 Å². The third-order valence-corrected chi connectivity index (χ3v) is 9.18. The van der Waals surface area contributed by atoms with Crippen molar-refractivity contribution in [3.05, 3.63) is 61.5 Å². The fourth-order valence-corrected chi connectivity index (χ4v) is 7.46.